The van der Waals surface area contributed by atoms with Crippen LogP contribution in [0.5, 0.6) is 5.75 Å². The molecule has 2 radical (unpaired) electrons. The van der Waals surface area contributed by atoms with Crippen molar-refractivity contribution in [3.63, 3.8) is 0 Å². The van der Waals surface area contributed by atoms with E-state index in [0.29, 0.717) is 0 Å². The Labute approximate surface area is 123 Å². The van der Waals surface area contributed by atoms with Crippen LogP contribution in [0.15, 0.2) is 48.5 Å². The topological polar surface area (TPSA) is 40.5 Å². The molecule has 4 aromatic carbocycles. The van der Waals surface area contributed by atoms with Crippen molar-refractivity contribution >= 4 is 40.2 Å². The van der Waals surface area contributed by atoms with Crippen LogP contribution in [0.25, 0.3) is 32.3 Å². The molecule has 0 saturated heterocycles. The first-order chi connectivity index (χ1) is 10.2. The molecular formula is C18H13BO2. The van der Waals surface area contributed by atoms with E-state index in [-0.39, 0.29) is 12.1 Å². The Hall–Kier alpha value is -2.26. The maximum Gasteiger partial charge on any atom is 0.123 e. The summed E-state index contributed by atoms with van der Waals surface area (Å²) in [5.41, 5.74) is 0.836. The fourth-order valence-corrected chi connectivity index (χ4v) is 3.23. The Kier molecular flexibility index (Phi) is 2.60. The summed E-state index contributed by atoms with van der Waals surface area (Å²) in [6.45, 7) is 0. The zero-order valence-corrected chi connectivity index (χ0v) is 11.4. The van der Waals surface area contributed by atoms with Crippen molar-refractivity contribution in [3.05, 3.63) is 54.1 Å². The second kappa shape index (κ2) is 4.37. The number of aliphatic hydroxyl groups excluding tert-OH is 1. The quantitative estimate of drug-likeness (QED) is 0.429. The molecule has 3 heteroatoms. The average molecular weight is 272 g/mol. The van der Waals surface area contributed by atoms with Crippen LogP contribution < -0.4 is 0 Å². The summed E-state index contributed by atoms with van der Waals surface area (Å²) in [5, 5.41) is 26.4. The minimum Gasteiger partial charge on any atom is -0.507 e. The minimum absolute atomic E-state index is 0.190. The Bertz CT molecular complexity index is 961. The van der Waals surface area contributed by atoms with Crippen LogP contribution >= 0.6 is 0 Å². The van der Waals surface area contributed by atoms with E-state index in [4.69, 9.17) is 7.85 Å². The summed E-state index contributed by atoms with van der Waals surface area (Å²) in [7, 11) is 5.61. The lowest BCUT2D eigenvalue weighted by Crippen LogP contribution is -1.98. The van der Waals surface area contributed by atoms with Gasteiger partial charge in [-0.05, 0) is 33.2 Å². The largest absolute Gasteiger partial charge is 0.507 e. The van der Waals surface area contributed by atoms with Gasteiger partial charge in [-0.3, -0.25) is 0 Å². The average Bonchev–Trinajstić information content (AvgIpc) is 2.53. The lowest BCUT2D eigenvalue weighted by molar-refractivity contribution is 0.201. The molecular weight excluding hydrogens is 259 g/mol. The van der Waals surface area contributed by atoms with E-state index in [2.05, 4.69) is 0 Å². The Morgan fingerprint density at radius 2 is 1.38 bits per heavy atom. The number of aliphatic hydroxyl groups is 1. The number of phenols is 1. The summed E-state index contributed by atoms with van der Waals surface area (Å²) in [5.74, 6) is 0.279. The minimum atomic E-state index is -0.678. The summed E-state index contributed by atoms with van der Waals surface area (Å²) >= 11 is 0. The molecule has 0 bridgehead atoms. The van der Waals surface area contributed by atoms with Gasteiger partial charge in [-0.25, -0.2) is 0 Å². The zero-order valence-electron chi connectivity index (χ0n) is 11.4. The summed E-state index contributed by atoms with van der Waals surface area (Å²) in [6, 6.07) is 15.6. The first-order valence-corrected chi connectivity index (χ1v) is 6.98. The van der Waals surface area contributed by atoms with Crippen molar-refractivity contribution in [3.8, 4) is 5.75 Å². The molecule has 0 aliphatic rings. The third kappa shape index (κ3) is 1.64. The molecule has 0 amide bonds. The molecule has 4 aromatic rings. The number of phenolic OH excluding ortho intramolecular Hbond substituents is 1. The fraction of sp³-hybridized carbons (Fsp3) is 0.111. The second-order valence-electron chi connectivity index (χ2n) is 5.41. The van der Waals surface area contributed by atoms with E-state index in [0.717, 1.165) is 37.9 Å². The predicted molar refractivity (Wildman–Crippen MR) is 87.3 cm³/mol. The highest BCUT2D eigenvalue weighted by atomic mass is 16.3. The van der Waals surface area contributed by atoms with Gasteiger partial charge in [0.25, 0.3) is 0 Å². The summed E-state index contributed by atoms with van der Waals surface area (Å²) in [4.78, 5) is 0. The van der Waals surface area contributed by atoms with Gasteiger partial charge < -0.3 is 10.2 Å². The number of rotatable bonds is 2. The van der Waals surface area contributed by atoms with E-state index in [9.17, 15) is 10.2 Å². The zero-order chi connectivity index (χ0) is 14.6. The van der Waals surface area contributed by atoms with Crippen molar-refractivity contribution in [1.82, 2.24) is 0 Å². The second-order valence-corrected chi connectivity index (χ2v) is 5.41. The van der Waals surface area contributed by atoms with E-state index in [1.54, 1.807) is 6.07 Å². The maximum atomic E-state index is 10.1. The standard InChI is InChI=1S/C18H13BO2/c19-9-16(21)12-5-1-10-3-7-14-15(20)8-4-11-2-6-13(12)17(10)18(11)14/h1-8,16,20-21H,9H2. The molecule has 0 spiro atoms. The SMILES string of the molecule is [B]CC(O)c1ccc2ccc3c(O)ccc4ccc1c2c43. The van der Waals surface area contributed by atoms with E-state index < -0.39 is 6.10 Å². The van der Waals surface area contributed by atoms with E-state index in [1.807, 2.05) is 42.5 Å². The molecule has 4 rings (SSSR count). The number of hydrogen-bond donors (Lipinski definition) is 2. The van der Waals surface area contributed by atoms with Crippen LogP contribution in [0.1, 0.15) is 11.7 Å². The van der Waals surface area contributed by atoms with Crippen molar-refractivity contribution < 1.29 is 10.2 Å². The Morgan fingerprint density at radius 1 is 0.810 bits per heavy atom. The highest BCUT2D eigenvalue weighted by Crippen LogP contribution is 2.40. The molecule has 1 unspecified atom stereocenters. The molecule has 1 atom stereocenters. The van der Waals surface area contributed by atoms with Crippen LogP contribution in [0.2, 0.25) is 6.32 Å². The smallest absolute Gasteiger partial charge is 0.123 e. The highest BCUT2D eigenvalue weighted by Gasteiger charge is 2.15. The summed E-state index contributed by atoms with van der Waals surface area (Å²) < 4.78 is 0. The summed E-state index contributed by atoms with van der Waals surface area (Å²) in [6.07, 6.45) is -0.488. The van der Waals surface area contributed by atoms with Crippen LogP contribution in [0.4, 0.5) is 0 Å². The molecule has 0 saturated carbocycles. The highest BCUT2D eigenvalue weighted by molar-refractivity contribution is 6.24. The molecule has 0 fully saturated rings. The predicted octanol–water partition coefficient (Wildman–Crippen LogP) is 3.91. The molecule has 0 heterocycles. The fourth-order valence-electron chi connectivity index (χ4n) is 3.23. The van der Waals surface area contributed by atoms with Gasteiger partial charge in [0.15, 0.2) is 0 Å². The van der Waals surface area contributed by atoms with Gasteiger partial charge in [0.05, 0.1) is 14.0 Å². The normalized spacial score (nSPS) is 13.4. The Balaban J connectivity index is 2.27. The molecule has 0 aliphatic heterocycles. The van der Waals surface area contributed by atoms with Gasteiger partial charge in [-0.1, -0.05) is 48.8 Å². The van der Waals surface area contributed by atoms with Crippen LogP contribution in [0, 0.1) is 0 Å². The van der Waals surface area contributed by atoms with Gasteiger partial charge in [-0.2, -0.15) is 0 Å². The molecule has 21 heavy (non-hydrogen) atoms. The first kappa shape index (κ1) is 12.5. The Morgan fingerprint density at radius 3 is 2.10 bits per heavy atom. The number of hydrogen-bond acceptors (Lipinski definition) is 2. The van der Waals surface area contributed by atoms with E-state index >= 15 is 0 Å². The molecule has 0 aromatic heterocycles. The van der Waals surface area contributed by atoms with Gasteiger partial charge in [0.2, 0.25) is 0 Å². The molecule has 0 aliphatic carbocycles. The first-order valence-electron chi connectivity index (χ1n) is 6.98. The number of aromatic hydroxyl groups is 1. The maximum absolute atomic E-state index is 10.1. The molecule has 100 valence electrons. The molecule has 2 N–H and O–H groups in total. The monoisotopic (exact) mass is 272 g/mol. The van der Waals surface area contributed by atoms with Gasteiger partial charge in [0.1, 0.15) is 5.75 Å². The third-order valence-corrected chi connectivity index (χ3v) is 4.26. The van der Waals surface area contributed by atoms with Gasteiger partial charge in [-0.15, -0.1) is 0 Å². The molecule has 2 nitrogen and oxygen atoms in total. The lowest BCUT2D eigenvalue weighted by atomic mass is 9.87. The van der Waals surface area contributed by atoms with Crippen LogP contribution in [-0.4, -0.2) is 18.1 Å². The van der Waals surface area contributed by atoms with Crippen LogP contribution in [-0.2, 0) is 0 Å². The van der Waals surface area contributed by atoms with Gasteiger partial charge >= 0.3 is 0 Å². The van der Waals surface area contributed by atoms with Crippen molar-refractivity contribution in [1.29, 1.82) is 0 Å². The van der Waals surface area contributed by atoms with Crippen LogP contribution in [0.3, 0.4) is 0 Å². The number of benzene rings is 4. The van der Waals surface area contributed by atoms with Crippen molar-refractivity contribution in [2.24, 2.45) is 0 Å². The third-order valence-electron chi connectivity index (χ3n) is 4.26. The van der Waals surface area contributed by atoms with E-state index in [1.165, 1.54) is 0 Å². The van der Waals surface area contributed by atoms with Crippen molar-refractivity contribution in [2.45, 2.75) is 12.4 Å². The van der Waals surface area contributed by atoms with Crippen molar-refractivity contribution in [2.75, 3.05) is 0 Å². The lowest BCUT2D eigenvalue weighted by Gasteiger charge is -2.17. The van der Waals surface area contributed by atoms with Gasteiger partial charge in [0, 0.05) is 10.8 Å².